The van der Waals surface area contributed by atoms with Gasteiger partial charge in [-0.2, -0.15) is 11.8 Å². The van der Waals surface area contributed by atoms with Crippen LogP contribution in [0.1, 0.15) is 12.0 Å². The molecule has 3 heterocycles. The number of carbonyl (C=O) groups excluding carboxylic acids is 2. The van der Waals surface area contributed by atoms with Crippen LogP contribution in [0, 0.1) is 0 Å². The molecule has 2 bridgehead atoms. The number of hydrogen-bond donors (Lipinski definition) is 1. The topological polar surface area (TPSA) is 67.9 Å². The number of methoxy groups -OCH3 is 2. The number of ether oxygens (including phenoxy) is 2. The first-order valence-corrected chi connectivity index (χ1v) is 9.34. The van der Waals surface area contributed by atoms with Gasteiger partial charge in [-0.3, -0.25) is 9.59 Å². The monoisotopic (exact) mass is 362 g/mol. The number of nitrogens with one attached hydrogen (secondary N) is 1. The zero-order chi connectivity index (χ0) is 17.8. The Kier molecular flexibility index (Phi) is 5.53. The highest BCUT2D eigenvalue weighted by atomic mass is 32.2. The van der Waals surface area contributed by atoms with Crippen LogP contribution in [0.25, 0.3) is 0 Å². The summed E-state index contributed by atoms with van der Waals surface area (Å²) in [6.45, 7) is 0.338. The van der Waals surface area contributed by atoms with Crippen LogP contribution in [-0.4, -0.2) is 54.5 Å². The molecule has 3 aliphatic heterocycles. The van der Waals surface area contributed by atoms with Crippen molar-refractivity contribution in [1.29, 1.82) is 0 Å². The zero-order valence-electron chi connectivity index (χ0n) is 14.4. The molecular formula is C18H22N2O4S. The van der Waals surface area contributed by atoms with E-state index in [1.165, 1.54) is 0 Å². The minimum absolute atomic E-state index is 0.0466. The number of thioether (sulfide) groups is 1. The molecule has 1 fully saturated rings. The van der Waals surface area contributed by atoms with E-state index in [1.807, 2.05) is 18.2 Å². The molecule has 3 aliphatic rings. The number of carbonyl (C=O) groups is 2. The van der Waals surface area contributed by atoms with E-state index in [9.17, 15) is 9.59 Å². The summed E-state index contributed by atoms with van der Waals surface area (Å²) in [6.07, 6.45) is 4.55. The summed E-state index contributed by atoms with van der Waals surface area (Å²) in [7, 11) is 3.18. The summed E-state index contributed by atoms with van der Waals surface area (Å²) in [6, 6.07) is 4.54. The summed E-state index contributed by atoms with van der Waals surface area (Å²) in [4.78, 5) is 27.1. The van der Waals surface area contributed by atoms with Crippen molar-refractivity contribution in [1.82, 2.24) is 10.2 Å². The summed E-state index contributed by atoms with van der Waals surface area (Å²) in [5, 5.41) is 2.85. The van der Waals surface area contributed by atoms with E-state index in [2.05, 4.69) is 11.4 Å². The minimum Gasteiger partial charge on any atom is -0.497 e. The average Bonchev–Trinajstić information content (AvgIpc) is 2.63. The van der Waals surface area contributed by atoms with Gasteiger partial charge in [0.1, 0.15) is 23.6 Å². The van der Waals surface area contributed by atoms with Crippen molar-refractivity contribution in [2.24, 2.45) is 0 Å². The van der Waals surface area contributed by atoms with E-state index in [1.54, 1.807) is 36.9 Å². The summed E-state index contributed by atoms with van der Waals surface area (Å²) in [5.74, 6) is 2.63. The number of amides is 2. The van der Waals surface area contributed by atoms with Gasteiger partial charge in [-0.15, -0.1) is 0 Å². The molecule has 2 amide bonds. The maximum absolute atomic E-state index is 12.9. The molecule has 1 aromatic carbocycles. The quantitative estimate of drug-likeness (QED) is 0.824. The smallest absolute Gasteiger partial charge is 0.246 e. The van der Waals surface area contributed by atoms with Gasteiger partial charge in [0.05, 0.1) is 20.8 Å². The van der Waals surface area contributed by atoms with Crippen LogP contribution >= 0.6 is 11.8 Å². The summed E-state index contributed by atoms with van der Waals surface area (Å²) in [5.41, 5.74) is 0.854. The van der Waals surface area contributed by atoms with Crippen LogP contribution < -0.4 is 14.8 Å². The van der Waals surface area contributed by atoms with Gasteiger partial charge < -0.3 is 19.7 Å². The van der Waals surface area contributed by atoms with Crippen LogP contribution in [-0.2, 0) is 16.1 Å². The lowest BCUT2D eigenvalue weighted by atomic mass is 10.0. The van der Waals surface area contributed by atoms with Crippen LogP contribution in [0.3, 0.4) is 0 Å². The SMILES string of the molecule is COc1ccc(CN2C(=O)[C@@H]3C/C=C\CSC[C@H]2C(=O)N3)c(OC)c1. The number of hydrogen-bond acceptors (Lipinski definition) is 5. The second-order valence-electron chi connectivity index (χ2n) is 5.97. The Morgan fingerprint density at radius 1 is 1.24 bits per heavy atom. The Morgan fingerprint density at radius 3 is 2.84 bits per heavy atom. The highest BCUT2D eigenvalue weighted by Crippen LogP contribution is 2.28. The standard InChI is InChI=1S/C18H22N2O4S/c1-23-13-7-6-12(16(9-13)24-2)10-20-15-11-25-8-4-3-5-14(18(20)22)19-17(15)21/h3-4,6-7,9,14-15H,5,8,10-11H2,1-2H3,(H,19,21)/b4-3-/t14-,15-/m0/s1. The average molecular weight is 362 g/mol. The molecule has 2 atom stereocenters. The third kappa shape index (κ3) is 3.76. The molecular weight excluding hydrogens is 340 g/mol. The van der Waals surface area contributed by atoms with Crippen LogP contribution in [0.2, 0.25) is 0 Å². The van der Waals surface area contributed by atoms with Crippen LogP contribution in [0.15, 0.2) is 30.4 Å². The van der Waals surface area contributed by atoms with Gasteiger partial charge in [-0.1, -0.05) is 12.2 Å². The lowest BCUT2D eigenvalue weighted by Crippen LogP contribution is -2.63. The van der Waals surface area contributed by atoms with Crippen LogP contribution in [0.4, 0.5) is 0 Å². The summed E-state index contributed by atoms with van der Waals surface area (Å²) >= 11 is 1.65. The fourth-order valence-electron chi connectivity index (χ4n) is 3.05. The van der Waals surface area contributed by atoms with Crippen molar-refractivity contribution in [2.75, 3.05) is 25.7 Å². The Hall–Kier alpha value is -2.15. The molecule has 1 N–H and O–H groups in total. The van der Waals surface area contributed by atoms with Crippen molar-refractivity contribution in [3.05, 3.63) is 35.9 Å². The van der Waals surface area contributed by atoms with Gasteiger partial charge >= 0.3 is 0 Å². The van der Waals surface area contributed by atoms with Crippen LogP contribution in [0.5, 0.6) is 11.5 Å². The number of nitrogens with zero attached hydrogens (tertiary/aromatic N) is 1. The first kappa shape index (κ1) is 17.7. The predicted molar refractivity (Wildman–Crippen MR) is 96.9 cm³/mol. The molecule has 6 nitrogen and oxygen atoms in total. The highest BCUT2D eigenvalue weighted by Gasteiger charge is 2.40. The van der Waals surface area contributed by atoms with E-state index < -0.39 is 12.1 Å². The highest BCUT2D eigenvalue weighted by molar-refractivity contribution is 7.99. The fraction of sp³-hybridized carbons (Fsp3) is 0.444. The molecule has 0 unspecified atom stereocenters. The van der Waals surface area contributed by atoms with Crippen molar-refractivity contribution >= 4 is 23.6 Å². The lowest BCUT2D eigenvalue weighted by molar-refractivity contribution is -0.149. The van der Waals surface area contributed by atoms with Crippen molar-refractivity contribution in [3.8, 4) is 11.5 Å². The number of fused-ring (bicyclic) bond motifs is 6. The second-order valence-corrected chi connectivity index (χ2v) is 7.04. The molecule has 4 rings (SSSR count). The Balaban J connectivity index is 1.90. The molecule has 1 aromatic rings. The predicted octanol–water partition coefficient (Wildman–Crippen LogP) is 1.59. The number of rotatable bonds is 4. The van der Waals surface area contributed by atoms with E-state index in [-0.39, 0.29) is 11.8 Å². The third-order valence-electron chi connectivity index (χ3n) is 4.44. The Bertz CT molecular complexity index is 692. The van der Waals surface area contributed by atoms with Crippen molar-refractivity contribution < 1.29 is 19.1 Å². The molecule has 134 valence electrons. The molecule has 0 radical (unpaired) electrons. The molecule has 0 saturated carbocycles. The molecule has 0 aliphatic carbocycles. The normalized spacial score (nSPS) is 24.6. The van der Waals surface area contributed by atoms with Gasteiger partial charge in [-0.05, 0) is 18.6 Å². The molecule has 25 heavy (non-hydrogen) atoms. The van der Waals surface area contributed by atoms with E-state index >= 15 is 0 Å². The van der Waals surface area contributed by atoms with Gasteiger partial charge in [0.25, 0.3) is 0 Å². The van der Waals surface area contributed by atoms with E-state index in [0.29, 0.717) is 30.2 Å². The molecule has 0 aromatic heterocycles. The first-order chi connectivity index (χ1) is 12.1. The fourth-order valence-corrected chi connectivity index (χ4v) is 4.02. The van der Waals surface area contributed by atoms with Gasteiger partial charge in [-0.25, -0.2) is 0 Å². The van der Waals surface area contributed by atoms with E-state index in [0.717, 1.165) is 11.3 Å². The lowest BCUT2D eigenvalue weighted by Gasteiger charge is -2.39. The first-order valence-electron chi connectivity index (χ1n) is 8.18. The largest absolute Gasteiger partial charge is 0.497 e. The number of benzene rings is 1. The Morgan fingerprint density at radius 2 is 2.08 bits per heavy atom. The maximum atomic E-state index is 12.9. The van der Waals surface area contributed by atoms with Gasteiger partial charge in [0, 0.05) is 23.1 Å². The minimum atomic E-state index is -0.493. The Labute approximate surface area is 151 Å². The zero-order valence-corrected chi connectivity index (χ0v) is 15.2. The van der Waals surface area contributed by atoms with Crippen molar-refractivity contribution in [2.45, 2.75) is 25.0 Å². The van der Waals surface area contributed by atoms with Gasteiger partial charge in [0.15, 0.2) is 0 Å². The number of piperazine rings is 1. The maximum Gasteiger partial charge on any atom is 0.246 e. The molecule has 7 heteroatoms. The third-order valence-corrected chi connectivity index (χ3v) is 5.42. The second kappa shape index (κ2) is 7.82. The molecule has 1 saturated heterocycles. The van der Waals surface area contributed by atoms with E-state index in [4.69, 9.17) is 9.47 Å². The van der Waals surface area contributed by atoms with Gasteiger partial charge in [0.2, 0.25) is 11.8 Å². The van der Waals surface area contributed by atoms with Crippen molar-refractivity contribution in [3.63, 3.8) is 0 Å². The molecule has 0 spiro atoms. The summed E-state index contributed by atoms with van der Waals surface area (Å²) < 4.78 is 10.7.